The van der Waals surface area contributed by atoms with Crippen molar-refractivity contribution >= 4 is 17.7 Å². The second kappa shape index (κ2) is 7.25. The van der Waals surface area contributed by atoms with Crippen LogP contribution in [0.25, 0.3) is 11.1 Å². The molecule has 1 amide bonds. The van der Waals surface area contributed by atoms with E-state index in [2.05, 4.69) is 29.2 Å². The molecular formula is C26H29ClN2O2. The summed E-state index contributed by atoms with van der Waals surface area (Å²) in [5.74, 6) is 0.499. The molecule has 5 aliphatic rings. The number of aryl methyl sites for hydroxylation is 1. The summed E-state index contributed by atoms with van der Waals surface area (Å²) >= 11 is 6.26. The van der Waals surface area contributed by atoms with E-state index >= 15 is 0 Å². The third-order valence-electron chi connectivity index (χ3n) is 8.44. The molecule has 3 heterocycles. The Hall–Kier alpha value is -2.04. The molecule has 4 nitrogen and oxygen atoms in total. The van der Waals surface area contributed by atoms with E-state index in [1.807, 2.05) is 23.1 Å². The Bertz CT molecular complexity index is 1030. The zero-order valence-corrected chi connectivity index (χ0v) is 18.5. The summed E-state index contributed by atoms with van der Waals surface area (Å²) in [5.41, 5.74) is 4.91. The molecule has 2 bridgehead atoms. The van der Waals surface area contributed by atoms with Gasteiger partial charge in [0.2, 0.25) is 0 Å². The Morgan fingerprint density at radius 1 is 1.06 bits per heavy atom. The van der Waals surface area contributed by atoms with E-state index in [1.165, 1.54) is 11.1 Å². The minimum atomic E-state index is -0.740. The summed E-state index contributed by atoms with van der Waals surface area (Å²) in [6, 6.07) is 14.7. The lowest BCUT2D eigenvalue weighted by Crippen LogP contribution is -2.60. The molecule has 1 N–H and O–H groups in total. The van der Waals surface area contributed by atoms with Crippen molar-refractivity contribution in [2.24, 2.45) is 11.3 Å². The molecule has 0 radical (unpaired) electrons. The van der Waals surface area contributed by atoms with Crippen molar-refractivity contribution in [2.75, 3.05) is 19.6 Å². The fraction of sp³-hybridized carbons (Fsp3) is 0.500. The zero-order chi connectivity index (χ0) is 21.2. The number of rotatable bonds is 3. The van der Waals surface area contributed by atoms with Crippen LogP contribution in [0.5, 0.6) is 0 Å². The van der Waals surface area contributed by atoms with Gasteiger partial charge in [0, 0.05) is 11.6 Å². The van der Waals surface area contributed by atoms with E-state index in [-0.39, 0.29) is 17.5 Å². The van der Waals surface area contributed by atoms with Crippen LogP contribution < -0.4 is 0 Å². The molecule has 3 aliphatic heterocycles. The van der Waals surface area contributed by atoms with Gasteiger partial charge in [-0.25, -0.2) is 4.79 Å². The van der Waals surface area contributed by atoms with Crippen molar-refractivity contribution in [1.29, 1.82) is 0 Å². The van der Waals surface area contributed by atoms with Gasteiger partial charge >= 0.3 is 6.09 Å². The molecule has 1 saturated carbocycles. The third-order valence-corrected chi connectivity index (χ3v) is 8.68. The van der Waals surface area contributed by atoms with Gasteiger partial charge < -0.3 is 10.0 Å². The van der Waals surface area contributed by atoms with E-state index in [9.17, 15) is 9.90 Å². The smallest absolute Gasteiger partial charge is 0.408 e. The fourth-order valence-electron chi connectivity index (χ4n) is 6.60. The van der Waals surface area contributed by atoms with E-state index < -0.39 is 6.09 Å². The molecule has 2 aliphatic carbocycles. The Balaban J connectivity index is 1.45. The van der Waals surface area contributed by atoms with Gasteiger partial charge in [0.1, 0.15) is 0 Å². The van der Waals surface area contributed by atoms with Crippen LogP contribution in [0, 0.1) is 11.3 Å². The molecule has 3 saturated heterocycles. The topological polar surface area (TPSA) is 43.8 Å². The molecule has 31 heavy (non-hydrogen) atoms. The lowest BCUT2D eigenvalue weighted by molar-refractivity contribution is -0.0243. The van der Waals surface area contributed by atoms with Crippen molar-refractivity contribution in [2.45, 2.75) is 50.6 Å². The van der Waals surface area contributed by atoms with Crippen molar-refractivity contribution in [3.8, 4) is 11.1 Å². The van der Waals surface area contributed by atoms with Crippen LogP contribution in [0.4, 0.5) is 4.79 Å². The summed E-state index contributed by atoms with van der Waals surface area (Å²) in [7, 11) is 0. The first-order chi connectivity index (χ1) is 15.0. The van der Waals surface area contributed by atoms with Crippen molar-refractivity contribution in [3.63, 3.8) is 0 Å². The largest absolute Gasteiger partial charge is 0.465 e. The number of hydrogen-bond acceptors (Lipinski definition) is 2. The van der Waals surface area contributed by atoms with Gasteiger partial charge in [0.05, 0.1) is 12.1 Å². The number of piperidine rings is 3. The first-order valence-electron chi connectivity index (χ1n) is 11.7. The number of amides is 1. The maximum atomic E-state index is 12.8. The number of halogens is 1. The van der Waals surface area contributed by atoms with Gasteiger partial charge in [0.15, 0.2) is 0 Å². The Labute approximate surface area is 188 Å². The fourth-order valence-corrected chi connectivity index (χ4v) is 6.79. The Morgan fingerprint density at radius 2 is 1.84 bits per heavy atom. The average Bonchev–Trinajstić information content (AvgIpc) is 3.56. The first kappa shape index (κ1) is 19.6. The summed E-state index contributed by atoms with van der Waals surface area (Å²) in [4.78, 5) is 17.2. The lowest BCUT2D eigenvalue weighted by atomic mass is 9.73. The predicted octanol–water partition coefficient (Wildman–Crippen LogP) is 5.85. The zero-order valence-electron chi connectivity index (χ0n) is 17.8. The number of fused-ring (bicyclic) bond motifs is 4. The maximum absolute atomic E-state index is 12.8. The number of nitrogens with zero attached hydrogens (tertiary/aromatic N) is 2. The maximum Gasteiger partial charge on any atom is 0.408 e. The van der Waals surface area contributed by atoms with Gasteiger partial charge in [-0.05, 0) is 103 Å². The standard InChI is InChI=1S/C26H29ClN2O2/c27-21-3-1-2-19(14-21)20-5-4-17-6-9-26(10-11-26)24(22(17)15-20)29(25(30)31)23-16-28-12-7-18(23)8-13-28/h1-5,14-15,18,23-24H,6-13,16H2,(H,30,31)/t23?,24-/m1/s1. The summed E-state index contributed by atoms with van der Waals surface area (Å²) in [5, 5.41) is 11.2. The number of benzene rings is 2. The lowest BCUT2D eigenvalue weighted by Gasteiger charge is -2.52. The van der Waals surface area contributed by atoms with Crippen LogP contribution in [-0.2, 0) is 6.42 Å². The van der Waals surface area contributed by atoms with Gasteiger partial charge in [-0.2, -0.15) is 0 Å². The SMILES string of the molecule is O=C(O)N(C1CN2CCC1CC2)[C@@H]1c2cc(-c3cccc(Cl)c3)ccc2CCC12CC2. The highest BCUT2D eigenvalue weighted by Crippen LogP contribution is 2.64. The molecule has 4 fully saturated rings. The minimum Gasteiger partial charge on any atom is -0.465 e. The Morgan fingerprint density at radius 3 is 2.48 bits per heavy atom. The molecule has 162 valence electrons. The molecule has 2 atom stereocenters. The molecule has 2 aromatic rings. The van der Waals surface area contributed by atoms with Crippen LogP contribution in [0.3, 0.4) is 0 Å². The second-order valence-electron chi connectivity index (χ2n) is 10.1. The molecule has 2 aromatic carbocycles. The number of carboxylic acid groups (broad SMARTS) is 1. The van der Waals surface area contributed by atoms with E-state index in [4.69, 9.17) is 11.6 Å². The quantitative estimate of drug-likeness (QED) is 0.656. The van der Waals surface area contributed by atoms with Crippen LogP contribution in [0.1, 0.15) is 49.3 Å². The van der Waals surface area contributed by atoms with Gasteiger partial charge in [-0.1, -0.05) is 35.9 Å². The molecule has 1 unspecified atom stereocenters. The molecule has 0 aromatic heterocycles. The van der Waals surface area contributed by atoms with Crippen molar-refractivity contribution in [3.05, 3.63) is 58.6 Å². The third kappa shape index (κ3) is 3.27. The molecular weight excluding hydrogens is 408 g/mol. The molecule has 7 rings (SSSR count). The van der Waals surface area contributed by atoms with Crippen molar-refractivity contribution < 1.29 is 9.90 Å². The van der Waals surface area contributed by atoms with Crippen LogP contribution in [0.2, 0.25) is 5.02 Å². The summed E-state index contributed by atoms with van der Waals surface area (Å²) in [6.45, 7) is 3.15. The normalized spacial score (nSPS) is 30.1. The summed E-state index contributed by atoms with van der Waals surface area (Å²) in [6.07, 6.45) is 5.96. The van der Waals surface area contributed by atoms with E-state index in [0.717, 1.165) is 74.3 Å². The van der Waals surface area contributed by atoms with Crippen LogP contribution in [0.15, 0.2) is 42.5 Å². The van der Waals surface area contributed by atoms with E-state index in [1.54, 1.807) is 0 Å². The minimum absolute atomic E-state index is 0.0292. The highest BCUT2D eigenvalue weighted by molar-refractivity contribution is 6.30. The van der Waals surface area contributed by atoms with Crippen LogP contribution in [-0.4, -0.2) is 46.7 Å². The van der Waals surface area contributed by atoms with Gasteiger partial charge in [0.25, 0.3) is 0 Å². The highest BCUT2D eigenvalue weighted by atomic mass is 35.5. The molecule has 1 spiro atoms. The van der Waals surface area contributed by atoms with Gasteiger partial charge in [-0.15, -0.1) is 0 Å². The predicted molar refractivity (Wildman–Crippen MR) is 122 cm³/mol. The summed E-state index contributed by atoms with van der Waals surface area (Å²) < 4.78 is 0. The van der Waals surface area contributed by atoms with Gasteiger partial charge in [-0.3, -0.25) is 4.90 Å². The van der Waals surface area contributed by atoms with Crippen LogP contribution >= 0.6 is 11.6 Å². The monoisotopic (exact) mass is 436 g/mol. The second-order valence-corrected chi connectivity index (χ2v) is 10.5. The highest BCUT2D eigenvalue weighted by Gasteiger charge is 2.57. The average molecular weight is 437 g/mol. The molecule has 5 heteroatoms. The Kier molecular flexibility index (Phi) is 4.59. The number of carbonyl (C=O) groups is 1. The van der Waals surface area contributed by atoms with Crippen molar-refractivity contribution in [1.82, 2.24) is 9.80 Å². The first-order valence-corrected chi connectivity index (χ1v) is 12.0. The number of hydrogen-bond donors (Lipinski definition) is 1. The van der Waals surface area contributed by atoms with E-state index in [0.29, 0.717) is 5.92 Å².